The van der Waals surface area contributed by atoms with E-state index < -0.39 is 18.2 Å². The molecule has 1 aliphatic rings. The average Bonchev–Trinajstić information content (AvgIpc) is 2.73. The van der Waals surface area contributed by atoms with Gasteiger partial charge in [0.25, 0.3) is 0 Å². The van der Waals surface area contributed by atoms with Crippen molar-refractivity contribution in [2.24, 2.45) is 11.8 Å². The molecule has 1 saturated carbocycles. The number of aliphatic hydroxyl groups is 3. The lowest BCUT2D eigenvalue weighted by atomic mass is 9.84. The van der Waals surface area contributed by atoms with Crippen LogP contribution in [0.15, 0.2) is 24.3 Å². The third-order valence-corrected chi connectivity index (χ3v) is 4.20. The van der Waals surface area contributed by atoms with Crippen LogP contribution in [-0.4, -0.2) is 53.1 Å². The molecule has 0 heterocycles. The first-order valence-electron chi connectivity index (χ1n) is 7.97. The summed E-state index contributed by atoms with van der Waals surface area (Å²) in [5, 5.41) is 37.7. The van der Waals surface area contributed by atoms with E-state index in [1.807, 2.05) is 32.2 Å². The summed E-state index contributed by atoms with van der Waals surface area (Å²) in [5.74, 6) is -0.886. The Balaban J connectivity index is 2.48. The molecule has 1 rings (SSSR count). The molecule has 6 heteroatoms. The zero-order chi connectivity index (χ0) is 16.5. The maximum absolute atomic E-state index is 10.4. The summed E-state index contributed by atoms with van der Waals surface area (Å²) >= 11 is 0. The summed E-state index contributed by atoms with van der Waals surface area (Å²) in [6.45, 7) is 0.0655. The first-order valence-corrected chi connectivity index (χ1v) is 7.97. The Morgan fingerprint density at radius 2 is 2.00 bits per heavy atom. The molecule has 5 nitrogen and oxygen atoms in total. The summed E-state index contributed by atoms with van der Waals surface area (Å²) in [7, 11) is 1.89. The standard InChI is InChI=1S/C16H27BO5/c17-11(10-18)7-8-13-12(14(19)9-15(13)20)5-3-1-2-4-6-16(21)22/h1,3,7-8,11-15,18-20H,2,4-6,9-10,17H2,(H,21,22)/b3-1-,8-7+/t11?,12-,13-,14+,15-/m1/s1. The Bertz CT molecular complexity index is 396. The predicted molar refractivity (Wildman–Crippen MR) is 87.4 cm³/mol. The maximum atomic E-state index is 10.4. The lowest BCUT2D eigenvalue weighted by molar-refractivity contribution is -0.137. The zero-order valence-corrected chi connectivity index (χ0v) is 13.1. The molecule has 0 saturated heterocycles. The highest BCUT2D eigenvalue weighted by Crippen LogP contribution is 2.36. The van der Waals surface area contributed by atoms with E-state index in [9.17, 15) is 15.0 Å². The van der Waals surface area contributed by atoms with Crippen molar-refractivity contribution in [1.29, 1.82) is 0 Å². The highest BCUT2D eigenvalue weighted by molar-refractivity contribution is 6.13. The minimum atomic E-state index is -0.786. The number of hydrogen-bond acceptors (Lipinski definition) is 4. The molecule has 124 valence electrons. The number of carbonyl (C=O) groups is 1. The lowest BCUT2D eigenvalue weighted by Crippen LogP contribution is -2.20. The number of carboxylic acid groups (broad SMARTS) is 1. The largest absolute Gasteiger partial charge is 0.481 e. The number of carboxylic acids is 1. The smallest absolute Gasteiger partial charge is 0.303 e. The summed E-state index contributed by atoms with van der Waals surface area (Å²) in [4.78, 5) is 10.4. The van der Waals surface area contributed by atoms with Gasteiger partial charge in [-0.05, 0) is 31.0 Å². The number of unbranched alkanes of at least 4 members (excludes halogenated alkanes) is 1. The average molecular weight is 310 g/mol. The fraction of sp³-hybridized carbons (Fsp3) is 0.688. The molecule has 0 aromatic rings. The molecule has 0 radical (unpaired) electrons. The van der Waals surface area contributed by atoms with Gasteiger partial charge in [-0.25, -0.2) is 0 Å². The van der Waals surface area contributed by atoms with Gasteiger partial charge in [-0.1, -0.05) is 24.3 Å². The molecule has 0 aromatic heterocycles. The van der Waals surface area contributed by atoms with Gasteiger partial charge < -0.3 is 20.4 Å². The first-order chi connectivity index (χ1) is 10.5. The van der Waals surface area contributed by atoms with Crippen molar-refractivity contribution in [2.75, 3.05) is 6.61 Å². The van der Waals surface area contributed by atoms with Gasteiger partial charge in [0.15, 0.2) is 0 Å². The number of allylic oxidation sites excluding steroid dienone is 2. The van der Waals surface area contributed by atoms with Gasteiger partial charge >= 0.3 is 5.97 Å². The number of aliphatic carboxylic acids is 1. The minimum Gasteiger partial charge on any atom is -0.481 e. The van der Waals surface area contributed by atoms with Crippen LogP contribution < -0.4 is 0 Å². The highest BCUT2D eigenvalue weighted by Gasteiger charge is 2.39. The monoisotopic (exact) mass is 310 g/mol. The molecule has 0 bridgehead atoms. The van der Waals surface area contributed by atoms with Crippen LogP contribution in [0.4, 0.5) is 0 Å². The second-order valence-corrected chi connectivity index (χ2v) is 6.15. The predicted octanol–water partition coefficient (Wildman–Crippen LogP) is 0.516. The Morgan fingerprint density at radius 1 is 1.27 bits per heavy atom. The normalized spacial score (nSPS) is 30.3. The lowest BCUT2D eigenvalue weighted by Gasteiger charge is -2.19. The van der Waals surface area contributed by atoms with Crippen LogP contribution in [0.25, 0.3) is 0 Å². The third kappa shape index (κ3) is 6.34. The summed E-state index contributed by atoms with van der Waals surface area (Å²) in [5.41, 5.74) is 0. The fourth-order valence-corrected chi connectivity index (χ4v) is 2.83. The van der Waals surface area contributed by atoms with Crippen molar-refractivity contribution in [3.05, 3.63) is 24.3 Å². The van der Waals surface area contributed by atoms with E-state index in [2.05, 4.69) is 0 Å². The van der Waals surface area contributed by atoms with Gasteiger partial charge in [-0.15, -0.1) is 0 Å². The van der Waals surface area contributed by atoms with Crippen molar-refractivity contribution in [2.45, 2.75) is 50.1 Å². The van der Waals surface area contributed by atoms with Crippen molar-refractivity contribution >= 4 is 13.8 Å². The van der Waals surface area contributed by atoms with E-state index in [4.69, 9.17) is 10.2 Å². The van der Waals surface area contributed by atoms with E-state index >= 15 is 0 Å². The SMILES string of the molecule is BC(/C=C/[C@@H]1[C@@H](C/C=C\CCCC(=O)O)[C@@H](O)C[C@H]1O)CO. The van der Waals surface area contributed by atoms with Crippen molar-refractivity contribution < 1.29 is 25.2 Å². The Morgan fingerprint density at radius 3 is 2.64 bits per heavy atom. The zero-order valence-electron chi connectivity index (χ0n) is 13.1. The molecule has 0 aliphatic heterocycles. The summed E-state index contributed by atoms with van der Waals surface area (Å²) < 4.78 is 0. The molecule has 4 N–H and O–H groups in total. The Kier molecular flexibility index (Phi) is 8.46. The van der Waals surface area contributed by atoms with Gasteiger partial charge in [0.1, 0.15) is 7.85 Å². The second kappa shape index (κ2) is 9.82. The third-order valence-electron chi connectivity index (χ3n) is 4.20. The molecule has 1 aliphatic carbocycles. The molecular weight excluding hydrogens is 283 g/mol. The van der Waals surface area contributed by atoms with Crippen LogP contribution in [0.5, 0.6) is 0 Å². The van der Waals surface area contributed by atoms with Crippen LogP contribution in [-0.2, 0) is 4.79 Å². The summed E-state index contributed by atoms with van der Waals surface area (Å²) in [6, 6.07) is 0. The molecular formula is C16H27BO5. The fourth-order valence-electron chi connectivity index (χ4n) is 2.83. The Labute approximate surface area is 132 Å². The molecule has 0 spiro atoms. The topological polar surface area (TPSA) is 98.0 Å². The van der Waals surface area contributed by atoms with E-state index in [0.29, 0.717) is 25.7 Å². The van der Waals surface area contributed by atoms with Gasteiger partial charge in [0, 0.05) is 25.4 Å². The highest BCUT2D eigenvalue weighted by atomic mass is 16.4. The van der Waals surface area contributed by atoms with E-state index in [1.165, 1.54) is 0 Å². The quantitative estimate of drug-likeness (QED) is 0.283. The minimum absolute atomic E-state index is 0.0344. The summed E-state index contributed by atoms with van der Waals surface area (Å²) in [6.07, 6.45) is 9.13. The van der Waals surface area contributed by atoms with Crippen LogP contribution in [0.1, 0.15) is 32.1 Å². The van der Waals surface area contributed by atoms with E-state index in [1.54, 1.807) is 0 Å². The molecule has 22 heavy (non-hydrogen) atoms. The molecule has 5 atom stereocenters. The maximum Gasteiger partial charge on any atom is 0.303 e. The van der Waals surface area contributed by atoms with Crippen LogP contribution in [0, 0.1) is 11.8 Å². The Hall–Kier alpha value is -1.11. The van der Waals surface area contributed by atoms with Crippen LogP contribution >= 0.6 is 0 Å². The number of hydrogen-bond donors (Lipinski definition) is 4. The van der Waals surface area contributed by atoms with E-state index in [0.717, 1.165) is 0 Å². The van der Waals surface area contributed by atoms with Crippen molar-refractivity contribution in [3.8, 4) is 0 Å². The van der Waals surface area contributed by atoms with Crippen molar-refractivity contribution in [3.63, 3.8) is 0 Å². The molecule has 0 aromatic carbocycles. The molecule has 1 fully saturated rings. The van der Waals surface area contributed by atoms with E-state index in [-0.39, 0.29) is 30.7 Å². The van der Waals surface area contributed by atoms with Gasteiger partial charge in [0.2, 0.25) is 0 Å². The second-order valence-electron chi connectivity index (χ2n) is 6.15. The number of rotatable bonds is 9. The van der Waals surface area contributed by atoms with Crippen LogP contribution in [0.3, 0.4) is 0 Å². The van der Waals surface area contributed by atoms with Crippen molar-refractivity contribution in [1.82, 2.24) is 0 Å². The van der Waals surface area contributed by atoms with Crippen LogP contribution in [0.2, 0.25) is 5.82 Å². The van der Waals surface area contributed by atoms with Gasteiger partial charge in [-0.2, -0.15) is 0 Å². The van der Waals surface area contributed by atoms with Gasteiger partial charge in [-0.3, -0.25) is 4.79 Å². The molecule has 1 unspecified atom stereocenters. The number of aliphatic hydroxyl groups excluding tert-OH is 3. The first kappa shape index (κ1) is 18.9. The molecule has 0 amide bonds. The van der Waals surface area contributed by atoms with Gasteiger partial charge in [0.05, 0.1) is 12.2 Å².